The molecule has 0 bridgehead atoms. The van der Waals surface area contributed by atoms with Crippen LogP contribution < -0.4 is 10.5 Å². The highest BCUT2D eigenvalue weighted by atomic mass is 16.5. The number of fused-ring (bicyclic) bond motifs is 1. The van der Waals surface area contributed by atoms with Crippen molar-refractivity contribution in [3.63, 3.8) is 0 Å². The summed E-state index contributed by atoms with van der Waals surface area (Å²) in [6.07, 6.45) is 0.161. The van der Waals surface area contributed by atoms with E-state index in [1.54, 1.807) is 7.11 Å². The van der Waals surface area contributed by atoms with Crippen molar-refractivity contribution in [2.75, 3.05) is 7.11 Å². The molecule has 0 saturated carbocycles. The molecule has 0 atom stereocenters. The molecule has 2 aromatic rings. The molecule has 88 valence electrons. The second-order valence-corrected chi connectivity index (χ2v) is 3.96. The number of nitrogens with zero attached hydrogens (tertiary/aromatic N) is 1. The molecule has 0 aliphatic heterocycles. The molecule has 1 aromatic heterocycles. The number of aryl methyl sites for hydroxylation is 1. The van der Waals surface area contributed by atoms with Crippen LogP contribution in [0.15, 0.2) is 24.3 Å². The molecule has 1 heterocycles. The minimum absolute atomic E-state index is 0.161. The third-order valence-corrected chi connectivity index (χ3v) is 2.63. The first-order valence-electron chi connectivity index (χ1n) is 5.32. The Morgan fingerprint density at radius 2 is 2.18 bits per heavy atom. The van der Waals surface area contributed by atoms with Crippen LogP contribution >= 0.6 is 0 Å². The predicted molar refractivity (Wildman–Crippen MR) is 65.9 cm³/mol. The van der Waals surface area contributed by atoms with Gasteiger partial charge in [0.15, 0.2) is 0 Å². The van der Waals surface area contributed by atoms with Crippen molar-refractivity contribution < 1.29 is 9.53 Å². The van der Waals surface area contributed by atoms with Crippen molar-refractivity contribution in [1.82, 2.24) is 4.98 Å². The second-order valence-electron chi connectivity index (χ2n) is 3.96. The van der Waals surface area contributed by atoms with Crippen molar-refractivity contribution in [3.8, 4) is 5.75 Å². The lowest BCUT2D eigenvalue weighted by Gasteiger charge is -2.07. The molecule has 0 radical (unpaired) electrons. The number of pyridine rings is 1. The molecule has 0 aliphatic carbocycles. The zero-order valence-electron chi connectivity index (χ0n) is 9.86. The largest absolute Gasteiger partial charge is 0.497 e. The normalized spacial score (nSPS) is 10.5. The van der Waals surface area contributed by atoms with Crippen molar-refractivity contribution in [2.24, 2.45) is 5.73 Å². The molecule has 4 heteroatoms. The van der Waals surface area contributed by atoms with Crippen LogP contribution in [0, 0.1) is 6.92 Å². The number of hydrogen-bond acceptors (Lipinski definition) is 3. The van der Waals surface area contributed by atoms with Crippen LogP contribution in [-0.2, 0) is 11.2 Å². The summed E-state index contributed by atoms with van der Waals surface area (Å²) >= 11 is 0. The Balaban J connectivity index is 2.57. The molecule has 17 heavy (non-hydrogen) atoms. The summed E-state index contributed by atoms with van der Waals surface area (Å²) in [7, 11) is 1.61. The van der Waals surface area contributed by atoms with Gasteiger partial charge in [0.05, 0.1) is 24.7 Å². The standard InChI is InChI=1S/C13H14N2O2/c1-8-5-9(6-13(14)16)15-12-7-10(17-2)3-4-11(8)12/h3-5,7H,6H2,1-2H3,(H2,14,16). The van der Waals surface area contributed by atoms with E-state index in [-0.39, 0.29) is 12.3 Å². The molecular formula is C13H14N2O2. The van der Waals surface area contributed by atoms with E-state index in [0.29, 0.717) is 5.69 Å². The van der Waals surface area contributed by atoms with Gasteiger partial charge in [-0.2, -0.15) is 0 Å². The van der Waals surface area contributed by atoms with Gasteiger partial charge in [0, 0.05) is 11.5 Å². The molecule has 0 aliphatic rings. The van der Waals surface area contributed by atoms with Gasteiger partial charge in [0.25, 0.3) is 0 Å². The van der Waals surface area contributed by atoms with E-state index in [1.807, 2.05) is 31.2 Å². The van der Waals surface area contributed by atoms with E-state index in [1.165, 1.54) is 0 Å². The molecule has 0 spiro atoms. The number of amides is 1. The number of primary amides is 1. The summed E-state index contributed by atoms with van der Waals surface area (Å²) < 4.78 is 5.15. The summed E-state index contributed by atoms with van der Waals surface area (Å²) in [4.78, 5) is 15.3. The number of methoxy groups -OCH3 is 1. The van der Waals surface area contributed by atoms with Crippen LogP contribution in [0.1, 0.15) is 11.3 Å². The smallest absolute Gasteiger partial charge is 0.223 e. The van der Waals surface area contributed by atoms with E-state index < -0.39 is 0 Å². The van der Waals surface area contributed by atoms with Gasteiger partial charge in [-0.05, 0) is 30.7 Å². The summed E-state index contributed by atoms with van der Waals surface area (Å²) in [5.74, 6) is 0.375. The Hall–Kier alpha value is -2.10. The summed E-state index contributed by atoms with van der Waals surface area (Å²) in [5, 5.41) is 1.05. The lowest BCUT2D eigenvalue weighted by molar-refractivity contribution is -0.117. The molecule has 0 unspecified atom stereocenters. The van der Waals surface area contributed by atoms with Crippen molar-refractivity contribution >= 4 is 16.8 Å². The average molecular weight is 230 g/mol. The lowest BCUT2D eigenvalue weighted by atomic mass is 10.1. The number of rotatable bonds is 3. The van der Waals surface area contributed by atoms with Crippen molar-refractivity contribution in [1.29, 1.82) is 0 Å². The average Bonchev–Trinajstić information content (AvgIpc) is 2.27. The second kappa shape index (κ2) is 4.41. The SMILES string of the molecule is COc1ccc2c(C)cc(CC(N)=O)nc2c1. The molecule has 4 nitrogen and oxygen atoms in total. The highest BCUT2D eigenvalue weighted by Gasteiger charge is 2.06. The molecule has 1 amide bonds. The van der Waals surface area contributed by atoms with Crippen LogP contribution in [-0.4, -0.2) is 18.0 Å². The van der Waals surface area contributed by atoms with E-state index >= 15 is 0 Å². The van der Waals surface area contributed by atoms with Gasteiger partial charge in [-0.25, -0.2) is 0 Å². The van der Waals surface area contributed by atoms with Crippen LogP contribution in [0.3, 0.4) is 0 Å². The fourth-order valence-corrected chi connectivity index (χ4v) is 1.85. The Kier molecular flexibility index (Phi) is 2.95. The first kappa shape index (κ1) is 11.4. The monoisotopic (exact) mass is 230 g/mol. The van der Waals surface area contributed by atoms with Gasteiger partial charge in [-0.15, -0.1) is 0 Å². The van der Waals surface area contributed by atoms with E-state index in [0.717, 1.165) is 22.2 Å². The number of benzene rings is 1. The van der Waals surface area contributed by atoms with Crippen LogP contribution in [0.2, 0.25) is 0 Å². The summed E-state index contributed by atoms with van der Waals surface area (Å²) in [6.45, 7) is 1.99. The first-order valence-corrected chi connectivity index (χ1v) is 5.32. The fourth-order valence-electron chi connectivity index (χ4n) is 1.85. The Morgan fingerprint density at radius 1 is 1.41 bits per heavy atom. The zero-order valence-corrected chi connectivity index (χ0v) is 9.86. The van der Waals surface area contributed by atoms with Gasteiger partial charge in [0.2, 0.25) is 5.91 Å². The number of aromatic nitrogens is 1. The summed E-state index contributed by atoms with van der Waals surface area (Å²) in [6, 6.07) is 7.60. The third-order valence-electron chi connectivity index (χ3n) is 2.63. The van der Waals surface area contributed by atoms with Gasteiger partial charge in [-0.1, -0.05) is 0 Å². The summed E-state index contributed by atoms with van der Waals surface area (Å²) in [5.41, 5.74) is 7.76. The highest BCUT2D eigenvalue weighted by Crippen LogP contribution is 2.22. The topological polar surface area (TPSA) is 65.2 Å². The predicted octanol–water partition coefficient (Wildman–Crippen LogP) is 1.58. The number of ether oxygens (including phenoxy) is 1. The highest BCUT2D eigenvalue weighted by molar-refractivity contribution is 5.84. The molecule has 0 saturated heterocycles. The maximum absolute atomic E-state index is 10.9. The van der Waals surface area contributed by atoms with Crippen LogP contribution in [0.4, 0.5) is 0 Å². The lowest BCUT2D eigenvalue weighted by Crippen LogP contribution is -2.14. The van der Waals surface area contributed by atoms with Gasteiger partial charge in [-0.3, -0.25) is 9.78 Å². The van der Waals surface area contributed by atoms with Crippen molar-refractivity contribution in [3.05, 3.63) is 35.5 Å². The number of nitrogens with two attached hydrogens (primary N) is 1. The van der Waals surface area contributed by atoms with E-state index in [4.69, 9.17) is 10.5 Å². The number of carbonyl (C=O) groups is 1. The minimum Gasteiger partial charge on any atom is -0.497 e. The minimum atomic E-state index is -0.376. The molecule has 2 N–H and O–H groups in total. The van der Waals surface area contributed by atoms with Crippen LogP contribution in [0.25, 0.3) is 10.9 Å². The number of carbonyl (C=O) groups excluding carboxylic acids is 1. The van der Waals surface area contributed by atoms with Crippen LogP contribution in [0.5, 0.6) is 5.75 Å². The third kappa shape index (κ3) is 2.36. The first-order chi connectivity index (χ1) is 8.10. The Labute approximate surface area is 99.4 Å². The Morgan fingerprint density at radius 3 is 2.82 bits per heavy atom. The van der Waals surface area contributed by atoms with E-state index in [9.17, 15) is 4.79 Å². The van der Waals surface area contributed by atoms with Crippen molar-refractivity contribution in [2.45, 2.75) is 13.3 Å². The molecular weight excluding hydrogens is 216 g/mol. The van der Waals surface area contributed by atoms with Gasteiger partial charge < -0.3 is 10.5 Å². The van der Waals surface area contributed by atoms with E-state index in [2.05, 4.69) is 4.98 Å². The molecule has 1 aromatic carbocycles. The fraction of sp³-hybridized carbons (Fsp3) is 0.231. The zero-order chi connectivity index (χ0) is 12.4. The molecule has 2 rings (SSSR count). The maximum atomic E-state index is 10.9. The Bertz CT molecular complexity index is 579. The quantitative estimate of drug-likeness (QED) is 0.870. The maximum Gasteiger partial charge on any atom is 0.223 e. The number of hydrogen-bond donors (Lipinski definition) is 1. The van der Waals surface area contributed by atoms with Gasteiger partial charge >= 0.3 is 0 Å². The molecule has 0 fully saturated rings. The van der Waals surface area contributed by atoms with Gasteiger partial charge in [0.1, 0.15) is 5.75 Å².